The number of carbonyl (C=O) groups is 1. The van der Waals surface area contributed by atoms with E-state index in [9.17, 15) is 4.79 Å². The van der Waals surface area contributed by atoms with Gasteiger partial charge >= 0.3 is 38.4 Å². The Morgan fingerprint density at radius 2 is 1.75 bits per heavy atom. The number of hydrogen-bond donors (Lipinski definition) is 0. The molecule has 0 aliphatic carbocycles. The predicted octanol–water partition coefficient (Wildman–Crippen LogP) is 0.153. The molecule has 0 aromatic heterocycles. The Morgan fingerprint density at radius 3 is 2.00 bits per heavy atom. The average molecular weight is 202 g/mol. The minimum absolute atomic E-state index is 0. The molecule has 12 heavy (non-hydrogen) atoms. The Bertz CT molecular complexity index is 138. The molecule has 0 amide bonds. The SMILES string of the molecule is CCC(=O)O[Si](C)(OC)OC.[NaH]. The van der Waals surface area contributed by atoms with Gasteiger partial charge in [0.2, 0.25) is 0 Å². The zero-order chi connectivity index (χ0) is 8.91. The van der Waals surface area contributed by atoms with Gasteiger partial charge in [0.1, 0.15) is 0 Å². The molecular weight excluding hydrogens is 187 g/mol. The molecule has 6 heteroatoms. The Hall–Kier alpha value is 0.607. The molecule has 68 valence electrons. The van der Waals surface area contributed by atoms with E-state index in [2.05, 4.69) is 0 Å². The molecule has 0 aromatic carbocycles. The summed E-state index contributed by atoms with van der Waals surface area (Å²) >= 11 is 0. The summed E-state index contributed by atoms with van der Waals surface area (Å²) in [5.41, 5.74) is 0. The molecule has 0 rings (SSSR count). The fraction of sp³-hybridized carbons (Fsp3) is 0.833. The number of carbonyl (C=O) groups excluding carboxylic acids is 1. The average Bonchev–Trinajstić information content (AvgIpc) is 2.04. The summed E-state index contributed by atoms with van der Waals surface area (Å²) < 4.78 is 14.8. The molecule has 0 saturated carbocycles. The van der Waals surface area contributed by atoms with Gasteiger partial charge in [-0.25, -0.2) is 0 Å². The molecular formula is C6H15NaO4Si. The summed E-state index contributed by atoms with van der Waals surface area (Å²) in [4.78, 5) is 10.8. The van der Waals surface area contributed by atoms with Crippen molar-refractivity contribution in [2.75, 3.05) is 14.2 Å². The van der Waals surface area contributed by atoms with Gasteiger partial charge in [-0.3, -0.25) is 4.79 Å². The predicted molar refractivity (Wildman–Crippen MR) is 49.2 cm³/mol. The van der Waals surface area contributed by atoms with E-state index in [1.165, 1.54) is 14.2 Å². The number of rotatable bonds is 4. The van der Waals surface area contributed by atoms with Gasteiger partial charge in [0.05, 0.1) is 0 Å². The monoisotopic (exact) mass is 202 g/mol. The fourth-order valence-corrected chi connectivity index (χ4v) is 1.34. The zero-order valence-corrected chi connectivity index (χ0v) is 8.34. The van der Waals surface area contributed by atoms with Crippen LogP contribution in [-0.4, -0.2) is 58.6 Å². The Kier molecular flexibility index (Phi) is 8.87. The first-order chi connectivity index (χ1) is 5.08. The van der Waals surface area contributed by atoms with Crippen LogP contribution < -0.4 is 0 Å². The third-order valence-electron chi connectivity index (χ3n) is 1.33. The second kappa shape index (κ2) is 7.05. The van der Waals surface area contributed by atoms with Crippen LogP contribution in [0.1, 0.15) is 13.3 Å². The molecule has 0 saturated heterocycles. The second-order valence-electron chi connectivity index (χ2n) is 2.10. The van der Waals surface area contributed by atoms with Gasteiger partial charge in [0.15, 0.2) is 0 Å². The summed E-state index contributed by atoms with van der Waals surface area (Å²) in [7, 11) is 0.311. The third kappa shape index (κ3) is 5.29. The van der Waals surface area contributed by atoms with Gasteiger partial charge in [-0.1, -0.05) is 6.92 Å². The van der Waals surface area contributed by atoms with E-state index >= 15 is 0 Å². The van der Waals surface area contributed by atoms with Crippen molar-refractivity contribution >= 4 is 44.3 Å². The molecule has 0 aliphatic heterocycles. The van der Waals surface area contributed by atoms with Gasteiger partial charge < -0.3 is 13.3 Å². The van der Waals surface area contributed by atoms with Crippen molar-refractivity contribution in [3.8, 4) is 0 Å². The van der Waals surface area contributed by atoms with E-state index < -0.39 is 8.80 Å². The Morgan fingerprint density at radius 1 is 1.33 bits per heavy atom. The van der Waals surface area contributed by atoms with Crippen molar-refractivity contribution in [1.29, 1.82) is 0 Å². The molecule has 0 atom stereocenters. The summed E-state index contributed by atoms with van der Waals surface area (Å²) in [6.45, 7) is 3.39. The zero-order valence-electron chi connectivity index (χ0n) is 7.34. The van der Waals surface area contributed by atoms with Crippen LogP contribution in [0.2, 0.25) is 6.55 Å². The number of hydrogen-bond acceptors (Lipinski definition) is 4. The van der Waals surface area contributed by atoms with E-state index in [4.69, 9.17) is 13.3 Å². The van der Waals surface area contributed by atoms with Crippen molar-refractivity contribution in [1.82, 2.24) is 0 Å². The van der Waals surface area contributed by atoms with Crippen molar-refractivity contribution in [3.63, 3.8) is 0 Å². The van der Waals surface area contributed by atoms with Gasteiger partial charge in [0, 0.05) is 27.2 Å². The van der Waals surface area contributed by atoms with Gasteiger partial charge in [-0.15, -0.1) is 0 Å². The van der Waals surface area contributed by atoms with E-state index in [0.29, 0.717) is 6.42 Å². The molecule has 0 bridgehead atoms. The van der Waals surface area contributed by atoms with Crippen LogP contribution >= 0.6 is 0 Å². The molecule has 4 nitrogen and oxygen atoms in total. The molecule has 0 radical (unpaired) electrons. The second-order valence-corrected chi connectivity index (χ2v) is 4.84. The van der Waals surface area contributed by atoms with Crippen LogP contribution in [0, 0.1) is 0 Å². The van der Waals surface area contributed by atoms with Crippen LogP contribution in [0.3, 0.4) is 0 Å². The van der Waals surface area contributed by atoms with Crippen LogP contribution in [0.25, 0.3) is 0 Å². The maximum atomic E-state index is 10.8. The van der Waals surface area contributed by atoms with Crippen LogP contribution in [-0.2, 0) is 18.1 Å². The normalized spacial score (nSPS) is 10.3. The van der Waals surface area contributed by atoms with E-state index in [-0.39, 0.29) is 35.5 Å². The van der Waals surface area contributed by atoms with Gasteiger partial charge in [-0.2, -0.15) is 0 Å². The molecule has 0 N–H and O–H groups in total. The Balaban J connectivity index is 0. The fourth-order valence-electron chi connectivity index (χ4n) is 0.446. The van der Waals surface area contributed by atoms with E-state index in [1.807, 2.05) is 0 Å². The molecule has 0 spiro atoms. The summed E-state index contributed by atoms with van der Waals surface area (Å²) in [6, 6.07) is 0. The van der Waals surface area contributed by atoms with Crippen molar-refractivity contribution in [2.24, 2.45) is 0 Å². The Labute approximate surface area is 96.2 Å². The molecule has 0 fully saturated rings. The van der Waals surface area contributed by atoms with Crippen molar-refractivity contribution < 1.29 is 18.1 Å². The first kappa shape index (κ1) is 15.1. The standard InChI is InChI=1S/C6H14O4Si.Na.H/c1-5-6(7)10-11(4,8-2)9-3;;/h5H2,1-4H3;;. The van der Waals surface area contributed by atoms with Crippen LogP contribution in [0.4, 0.5) is 0 Å². The maximum absolute atomic E-state index is 10.8. The molecule has 0 aliphatic rings. The molecule has 0 heterocycles. The third-order valence-corrected chi connectivity index (χ3v) is 3.41. The van der Waals surface area contributed by atoms with Crippen molar-refractivity contribution in [2.45, 2.75) is 19.9 Å². The van der Waals surface area contributed by atoms with E-state index in [1.54, 1.807) is 13.5 Å². The summed E-state index contributed by atoms with van der Waals surface area (Å²) in [5.74, 6) is -0.289. The van der Waals surface area contributed by atoms with Gasteiger partial charge in [-0.05, 0) is 0 Å². The summed E-state index contributed by atoms with van der Waals surface area (Å²) in [5, 5.41) is 0. The minimum atomic E-state index is -2.63. The van der Waals surface area contributed by atoms with Crippen LogP contribution in [0.5, 0.6) is 0 Å². The van der Waals surface area contributed by atoms with E-state index in [0.717, 1.165) is 0 Å². The molecule has 0 unspecified atom stereocenters. The summed E-state index contributed by atoms with van der Waals surface area (Å²) in [6.07, 6.45) is 0.343. The quantitative estimate of drug-likeness (QED) is 0.609. The first-order valence-electron chi connectivity index (χ1n) is 3.40. The van der Waals surface area contributed by atoms with Crippen LogP contribution in [0.15, 0.2) is 0 Å². The topological polar surface area (TPSA) is 44.8 Å². The van der Waals surface area contributed by atoms with Crippen molar-refractivity contribution in [3.05, 3.63) is 0 Å². The van der Waals surface area contributed by atoms with Gasteiger partial charge in [0.25, 0.3) is 5.97 Å². The molecule has 0 aromatic rings. The first-order valence-corrected chi connectivity index (χ1v) is 5.62.